The van der Waals surface area contributed by atoms with Crippen LogP contribution in [0.2, 0.25) is 0 Å². The van der Waals surface area contributed by atoms with Gasteiger partial charge in [0.05, 0.1) is 6.61 Å². The van der Waals surface area contributed by atoms with Crippen LogP contribution in [0.25, 0.3) is 0 Å². The molecule has 0 aliphatic carbocycles. The highest BCUT2D eigenvalue weighted by Crippen LogP contribution is 2.34. The van der Waals surface area contributed by atoms with E-state index in [1.54, 1.807) is 0 Å². The molecule has 0 saturated heterocycles. The molecule has 3 rings (SSSR count). The first kappa shape index (κ1) is 13.2. The molecule has 0 radical (unpaired) electrons. The first-order chi connectivity index (χ1) is 9.74. The zero-order valence-electron chi connectivity index (χ0n) is 11.8. The third-order valence-corrected chi connectivity index (χ3v) is 3.81. The number of nitrogens with two attached hydrogens (primary N) is 1. The Balaban J connectivity index is 1.81. The molecule has 1 aliphatic rings. The Labute approximate surface area is 119 Å². The van der Waals surface area contributed by atoms with Crippen molar-refractivity contribution < 1.29 is 4.74 Å². The Hall–Kier alpha value is -1.81. The van der Waals surface area contributed by atoms with Gasteiger partial charge in [-0.3, -0.25) is 0 Å². The molecule has 2 unspecified atom stereocenters. The van der Waals surface area contributed by atoms with Crippen LogP contribution in [-0.4, -0.2) is 22.2 Å². The molecule has 4 nitrogen and oxygen atoms in total. The fraction of sp³-hybridized carbons (Fsp3) is 0.438. The normalized spacial score (nSPS) is 19.2. The average molecular weight is 271 g/mol. The number of fused-ring (bicyclic) bond motifs is 1. The summed E-state index contributed by atoms with van der Waals surface area (Å²) in [4.78, 5) is 4.43. The lowest BCUT2D eigenvalue weighted by Gasteiger charge is -2.26. The van der Waals surface area contributed by atoms with Gasteiger partial charge in [0.25, 0.3) is 0 Å². The van der Waals surface area contributed by atoms with Gasteiger partial charge in [-0.05, 0) is 25.0 Å². The molecule has 4 heteroatoms. The summed E-state index contributed by atoms with van der Waals surface area (Å²) in [6.45, 7) is 3.75. The summed E-state index contributed by atoms with van der Waals surface area (Å²) >= 11 is 0. The predicted octanol–water partition coefficient (Wildman–Crippen LogP) is 2.34. The first-order valence-electron chi connectivity index (χ1n) is 7.21. The van der Waals surface area contributed by atoms with E-state index in [-0.39, 0.29) is 6.04 Å². The molecule has 1 aromatic carbocycles. The van der Waals surface area contributed by atoms with Crippen molar-refractivity contribution in [2.45, 2.75) is 38.3 Å². The van der Waals surface area contributed by atoms with Gasteiger partial charge in [0.2, 0.25) is 0 Å². The molecule has 0 bridgehead atoms. The summed E-state index contributed by atoms with van der Waals surface area (Å²) < 4.78 is 7.96. The smallest absolute Gasteiger partial charge is 0.122 e. The van der Waals surface area contributed by atoms with E-state index >= 15 is 0 Å². The number of hydrogen-bond donors (Lipinski definition) is 1. The minimum absolute atomic E-state index is 0.137. The van der Waals surface area contributed by atoms with E-state index in [1.807, 2.05) is 19.2 Å². The monoisotopic (exact) mass is 271 g/mol. The summed E-state index contributed by atoms with van der Waals surface area (Å²) in [5.41, 5.74) is 7.19. The van der Waals surface area contributed by atoms with Crippen LogP contribution in [0, 0.1) is 0 Å². The highest BCUT2D eigenvalue weighted by atomic mass is 16.5. The topological polar surface area (TPSA) is 53.1 Å². The number of hydrogen-bond acceptors (Lipinski definition) is 3. The number of imidazole rings is 1. The zero-order chi connectivity index (χ0) is 13.9. The fourth-order valence-electron chi connectivity index (χ4n) is 2.83. The van der Waals surface area contributed by atoms with E-state index in [0.29, 0.717) is 5.92 Å². The van der Waals surface area contributed by atoms with Gasteiger partial charge in [0.1, 0.15) is 11.6 Å². The Morgan fingerprint density at radius 2 is 2.30 bits per heavy atom. The predicted molar refractivity (Wildman–Crippen MR) is 78.9 cm³/mol. The Morgan fingerprint density at radius 3 is 3.15 bits per heavy atom. The second kappa shape index (κ2) is 5.67. The maximum atomic E-state index is 5.89. The van der Waals surface area contributed by atoms with Crippen LogP contribution in [0.1, 0.15) is 30.7 Å². The molecule has 2 heterocycles. The third kappa shape index (κ3) is 2.70. The molecular formula is C16H21N3O. The van der Waals surface area contributed by atoms with Crippen LogP contribution >= 0.6 is 0 Å². The van der Waals surface area contributed by atoms with Crippen molar-refractivity contribution in [1.29, 1.82) is 0 Å². The van der Waals surface area contributed by atoms with Gasteiger partial charge < -0.3 is 15.0 Å². The average Bonchev–Trinajstić information content (AvgIpc) is 2.86. The van der Waals surface area contributed by atoms with Crippen LogP contribution < -0.4 is 10.5 Å². The van der Waals surface area contributed by atoms with E-state index in [0.717, 1.165) is 37.6 Å². The van der Waals surface area contributed by atoms with Gasteiger partial charge in [-0.1, -0.05) is 18.2 Å². The fourth-order valence-corrected chi connectivity index (χ4v) is 2.83. The van der Waals surface area contributed by atoms with Gasteiger partial charge in [0, 0.05) is 37.3 Å². The van der Waals surface area contributed by atoms with Crippen molar-refractivity contribution in [3.8, 4) is 5.75 Å². The van der Waals surface area contributed by atoms with Gasteiger partial charge in [0.15, 0.2) is 0 Å². The molecular weight excluding hydrogens is 250 g/mol. The molecule has 1 aromatic heterocycles. The van der Waals surface area contributed by atoms with E-state index < -0.39 is 0 Å². The van der Waals surface area contributed by atoms with Crippen molar-refractivity contribution in [3.63, 3.8) is 0 Å². The molecule has 0 amide bonds. The minimum Gasteiger partial charge on any atom is -0.493 e. The lowest BCUT2D eigenvalue weighted by Crippen LogP contribution is -2.23. The van der Waals surface area contributed by atoms with Crippen molar-refractivity contribution in [1.82, 2.24) is 9.55 Å². The molecule has 0 saturated carbocycles. The van der Waals surface area contributed by atoms with Gasteiger partial charge >= 0.3 is 0 Å². The summed E-state index contributed by atoms with van der Waals surface area (Å²) in [6.07, 6.45) is 5.78. The number of nitrogens with zero attached hydrogens (tertiary/aromatic N) is 2. The van der Waals surface area contributed by atoms with E-state index in [4.69, 9.17) is 10.5 Å². The van der Waals surface area contributed by atoms with Crippen LogP contribution in [0.4, 0.5) is 0 Å². The number of benzene rings is 1. The van der Waals surface area contributed by atoms with Crippen LogP contribution in [-0.2, 0) is 13.0 Å². The zero-order valence-corrected chi connectivity index (χ0v) is 11.8. The first-order valence-corrected chi connectivity index (χ1v) is 7.21. The van der Waals surface area contributed by atoms with Crippen molar-refractivity contribution in [2.75, 3.05) is 6.61 Å². The number of rotatable bonds is 4. The molecule has 20 heavy (non-hydrogen) atoms. The third-order valence-electron chi connectivity index (χ3n) is 3.81. The van der Waals surface area contributed by atoms with E-state index in [2.05, 4.69) is 33.9 Å². The molecule has 2 N–H and O–H groups in total. The molecule has 106 valence electrons. The standard InChI is InChI=1S/C16H21N3O/c1-12(17)10-16-18-7-8-19(16)11-13-6-9-20-15-5-3-2-4-14(13)15/h2-5,7-8,12-13H,6,9-11,17H2,1H3. The maximum Gasteiger partial charge on any atom is 0.122 e. The van der Waals surface area contributed by atoms with Crippen LogP contribution in [0.15, 0.2) is 36.7 Å². The summed E-state index contributed by atoms with van der Waals surface area (Å²) in [5.74, 6) is 2.59. The van der Waals surface area contributed by atoms with Crippen molar-refractivity contribution in [2.24, 2.45) is 5.73 Å². The van der Waals surface area contributed by atoms with Gasteiger partial charge in [-0.25, -0.2) is 4.98 Å². The number of para-hydroxylation sites is 1. The molecule has 2 atom stereocenters. The summed E-state index contributed by atoms with van der Waals surface area (Å²) in [6, 6.07) is 8.47. The second-order valence-corrected chi connectivity index (χ2v) is 5.55. The molecule has 2 aromatic rings. The SMILES string of the molecule is CC(N)Cc1nccn1CC1CCOc2ccccc21. The molecule has 0 fully saturated rings. The van der Waals surface area contributed by atoms with Crippen LogP contribution in [0.3, 0.4) is 0 Å². The summed E-state index contributed by atoms with van der Waals surface area (Å²) in [5, 5.41) is 0. The highest BCUT2D eigenvalue weighted by molar-refractivity contribution is 5.37. The Morgan fingerprint density at radius 1 is 1.45 bits per heavy atom. The Bertz CT molecular complexity index is 577. The van der Waals surface area contributed by atoms with Gasteiger partial charge in [-0.2, -0.15) is 0 Å². The van der Waals surface area contributed by atoms with E-state index in [9.17, 15) is 0 Å². The molecule has 0 spiro atoms. The lowest BCUT2D eigenvalue weighted by atomic mass is 9.93. The minimum atomic E-state index is 0.137. The van der Waals surface area contributed by atoms with Crippen molar-refractivity contribution >= 4 is 0 Å². The van der Waals surface area contributed by atoms with E-state index in [1.165, 1.54) is 5.56 Å². The number of aromatic nitrogens is 2. The maximum absolute atomic E-state index is 5.89. The lowest BCUT2D eigenvalue weighted by molar-refractivity contribution is 0.258. The quantitative estimate of drug-likeness (QED) is 0.928. The molecule has 1 aliphatic heterocycles. The van der Waals surface area contributed by atoms with Crippen molar-refractivity contribution in [3.05, 3.63) is 48.0 Å². The second-order valence-electron chi connectivity index (χ2n) is 5.55. The largest absolute Gasteiger partial charge is 0.493 e. The number of ether oxygens (including phenoxy) is 1. The van der Waals surface area contributed by atoms with Gasteiger partial charge in [-0.15, -0.1) is 0 Å². The summed E-state index contributed by atoms with van der Waals surface area (Å²) in [7, 11) is 0. The van der Waals surface area contributed by atoms with Crippen LogP contribution in [0.5, 0.6) is 5.75 Å². The highest BCUT2D eigenvalue weighted by Gasteiger charge is 2.22. The Kier molecular flexibility index (Phi) is 3.74.